The Morgan fingerprint density at radius 2 is 2.09 bits per heavy atom. The van der Waals surface area contributed by atoms with Crippen molar-refractivity contribution in [2.45, 2.75) is 13.3 Å². The van der Waals surface area contributed by atoms with Gasteiger partial charge >= 0.3 is 0 Å². The van der Waals surface area contributed by atoms with E-state index in [1.54, 1.807) is 18.4 Å². The Balaban J connectivity index is 1.69. The van der Waals surface area contributed by atoms with Gasteiger partial charge in [-0.1, -0.05) is 24.3 Å². The van der Waals surface area contributed by atoms with Crippen molar-refractivity contribution < 1.29 is 9.53 Å². The molecule has 1 aliphatic heterocycles. The Hall–Kier alpha value is -1.66. The molecule has 118 valence electrons. The second-order valence-electron chi connectivity index (χ2n) is 5.45. The number of hydrogen-bond donors (Lipinski definition) is 0. The largest absolute Gasteiger partial charge is 0.375 e. The molecule has 0 bridgehead atoms. The van der Waals surface area contributed by atoms with Gasteiger partial charge in [0.15, 0.2) is 5.13 Å². The van der Waals surface area contributed by atoms with E-state index in [-0.39, 0.29) is 12.5 Å². The van der Waals surface area contributed by atoms with E-state index in [0.29, 0.717) is 0 Å². The van der Waals surface area contributed by atoms with Crippen LogP contribution in [0, 0.1) is 0 Å². The first-order valence-corrected chi connectivity index (χ1v) is 8.44. The fraction of sp³-hybridized carbons (Fsp3) is 0.500. The number of benzene rings is 1. The normalized spacial score (nSPS) is 15.5. The van der Waals surface area contributed by atoms with Gasteiger partial charge in [-0.05, 0) is 24.1 Å². The number of thiazole rings is 1. The highest BCUT2D eigenvalue weighted by Gasteiger charge is 2.22. The summed E-state index contributed by atoms with van der Waals surface area (Å²) >= 11 is 1.74. The molecule has 0 saturated carbocycles. The van der Waals surface area contributed by atoms with Crippen LogP contribution in [0.5, 0.6) is 0 Å². The number of ether oxygens (including phenoxy) is 1. The molecule has 2 heterocycles. The van der Waals surface area contributed by atoms with Crippen LogP contribution in [-0.4, -0.2) is 55.7 Å². The smallest absolute Gasteiger partial charge is 0.248 e. The van der Waals surface area contributed by atoms with Crippen LogP contribution in [0.1, 0.15) is 12.5 Å². The molecular weight excluding hydrogens is 298 g/mol. The lowest BCUT2D eigenvalue weighted by atomic mass is 10.2. The molecule has 0 aliphatic carbocycles. The number of carbonyl (C=O) groups is 1. The van der Waals surface area contributed by atoms with E-state index in [0.717, 1.165) is 43.2 Å². The maximum atomic E-state index is 11.8. The van der Waals surface area contributed by atoms with E-state index in [1.807, 2.05) is 4.90 Å². The minimum Gasteiger partial charge on any atom is -0.375 e. The summed E-state index contributed by atoms with van der Waals surface area (Å²) in [5.74, 6) is 0.0686. The van der Waals surface area contributed by atoms with E-state index in [4.69, 9.17) is 9.72 Å². The minimum atomic E-state index is 0.0686. The van der Waals surface area contributed by atoms with Crippen molar-refractivity contribution >= 4 is 32.6 Å². The van der Waals surface area contributed by atoms with Gasteiger partial charge in [0.05, 0.1) is 10.2 Å². The minimum absolute atomic E-state index is 0.0686. The Kier molecular flexibility index (Phi) is 4.59. The van der Waals surface area contributed by atoms with Gasteiger partial charge in [-0.3, -0.25) is 4.79 Å². The van der Waals surface area contributed by atoms with Crippen LogP contribution in [0.4, 0.5) is 5.13 Å². The van der Waals surface area contributed by atoms with Gasteiger partial charge in [-0.2, -0.15) is 0 Å². The fourth-order valence-corrected chi connectivity index (χ4v) is 3.75. The number of carbonyl (C=O) groups excluding carboxylic acids is 1. The van der Waals surface area contributed by atoms with Crippen LogP contribution in [0.15, 0.2) is 18.2 Å². The van der Waals surface area contributed by atoms with Gasteiger partial charge in [-0.25, -0.2) is 4.98 Å². The number of rotatable bonds is 4. The third-order valence-corrected chi connectivity index (χ3v) is 5.10. The van der Waals surface area contributed by atoms with Crippen LogP contribution >= 0.6 is 11.3 Å². The summed E-state index contributed by atoms with van der Waals surface area (Å²) in [5, 5.41) is 1.06. The number of anilines is 1. The molecule has 6 heteroatoms. The second kappa shape index (κ2) is 6.62. The molecule has 0 radical (unpaired) electrons. The summed E-state index contributed by atoms with van der Waals surface area (Å²) in [7, 11) is 1.56. The van der Waals surface area contributed by atoms with E-state index < -0.39 is 0 Å². The first kappa shape index (κ1) is 15.2. The third kappa shape index (κ3) is 3.08. The van der Waals surface area contributed by atoms with Gasteiger partial charge in [-0.15, -0.1) is 0 Å². The molecular formula is C16H21N3O2S. The molecule has 2 aromatic rings. The van der Waals surface area contributed by atoms with Crippen LogP contribution in [0.2, 0.25) is 0 Å². The molecule has 1 saturated heterocycles. The average molecular weight is 319 g/mol. The van der Waals surface area contributed by atoms with Gasteiger partial charge < -0.3 is 14.5 Å². The van der Waals surface area contributed by atoms with Crippen molar-refractivity contribution in [1.82, 2.24) is 9.88 Å². The summed E-state index contributed by atoms with van der Waals surface area (Å²) < 4.78 is 6.16. The first-order chi connectivity index (χ1) is 10.7. The molecule has 1 aliphatic rings. The Morgan fingerprint density at radius 3 is 2.77 bits per heavy atom. The summed E-state index contributed by atoms with van der Waals surface area (Å²) in [4.78, 5) is 20.7. The number of piperazine rings is 1. The number of hydrogen-bond acceptors (Lipinski definition) is 5. The Bertz CT molecular complexity index is 662. The van der Waals surface area contributed by atoms with Crippen molar-refractivity contribution in [2.75, 3.05) is 44.8 Å². The SMILES string of the molecule is CCc1ccc2nc(N3CCN(C(=O)COC)CC3)sc2c1. The highest BCUT2D eigenvalue weighted by Crippen LogP contribution is 2.30. The van der Waals surface area contributed by atoms with Crippen LogP contribution in [-0.2, 0) is 16.0 Å². The van der Waals surface area contributed by atoms with Gasteiger partial charge in [0.2, 0.25) is 5.91 Å². The summed E-state index contributed by atoms with van der Waals surface area (Å²) in [6, 6.07) is 6.48. The van der Waals surface area contributed by atoms with Gasteiger partial charge in [0, 0.05) is 33.3 Å². The van der Waals surface area contributed by atoms with Crippen LogP contribution in [0.25, 0.3) is 10.2 Å². The Morgan fingerprint density at radius 1 is 1.32 bits per heavy atom. The molecule has 1 fully saturated rings. The number of nitrogens with zero attached hydrogens (tertiary/aromatic N) is 3. The predicted molar refractivity (Wildman–Crippen MR) is 89.7 cm³/mol. The molecule has 0 N–H and O–H groups in total. The summed E-state index contributed by atoms with van der Waals surface area (Å²) in [6.07, 6.45) is 1.05. The maximum absolute atomic E-state index is 11.8. The Labute approximate surface area is 134 Å². The van der Waals surface area contributed by atoms with Gasteiger partial charge in [0.25, 0.3) is 0 Å². The lowest BCUT2D eigenvalue weighted by Crippen LogP contribution is -2.49. The molecule has 5 nitrogen and oxygen atoms in total. The fourth-order valence-electron chi connectivity index (χ4n) is 2.67. The van der Waals surface area contributed by atoms with E-state index in [9.17, 15) is 4.79 Å². The van der Waals surface area contributed by atoms with Gasteiger partial charge in [0.1, 0.15) is 6.61 Å². The molecule has 1 aromatic carbocycles. The quantitative estimate of drug-likeness (QED) is 0.866. The molecule has 1 aromatic heterocycles. The number of methoxy groups -OCH3 is 1. The lowest BCUT2D eigenvalue weighted by Gasteiger charge is -2.34. The van der Waals surface area contributed by atoms with Crippen molar-refractivity contribution in [3.05, 3.63) is 23.8 Å². The first-order valence-electron chi connectivity index (χ1n) is 7.62. The van der Waals surface area contributed by atoms with Crippen molar-refractivity contribution in [2.24, 2.45) is 0 Å². The number of amides is 1. The molecule has 22 heavy (non-hydrogen) atoms. The average Bonchev–Trinajstić information content (AvgIpc) is 2.98. The number of aromatic nitrogens is 1. The number of fused-ring (bicyclic) bond motifs is 1. The summed E-state index contributed by atoms with van der Waals surface area (Å²) in [6.45, 7) is 5.46. The zero-order chi connectivity index (χ0) is 15.5. The predicted octanol–water partition coefficient (Wildman–Crippen LogP) is 2.15. The van der Waals surface area contributed by atoms with Crippen molar-refractivity contribution in [3.8, 4) is 0 Å². The molecule has 0 atom stereocenters. The van der Waals surface area contributed by atoms with Crippen molar-refractivity contribution in [3.63, 3.8) is 0 Å². The monoisotopic (exact) mass is 319 g/mol. The zero-order valence-electron chi connectivity index (χ0n) is 13.0. The van der Waals surface area contributed by atoms with E-state index in [1.165, 1.54) is 10.3 Å². The van der Waals surface area contributed by atoms with Crippen LogP contribution < -0.4 is 4.90 Å². The van der Waals surface area contributed by atoms with E-state index >= 15 is 0 Å². The lowest BCUT2D eigenvalue weighted by molar-refractivity contribution is -0.135. The van der Waals surface area contributed by atoms with Crippen molar-refractivity contribution in [1.29, 1.82) is 0 Å². The second-order valence-corrected chi connectivity index (χ2v) is 6.46. The molecule has 1 amide bonds. The standard InChI is InChI=1S/C16H21N3O2S/c1-3-12-4-5-13-14(10-12)22-16(17-13)19-8-6-18(7-9-19)15(20)11-21-2/h4-5,10H,3,6-9,11H2,1-2H3. The maximum Gasteiger partial charge on any atom is 0.248 e. The third-order valence-electron chi connectivity index (χ3n) is 4.02. The van der Waals surface area contributed by atoms with E-state index in [2.05, 4.69) is 30.0 Å². The zero-order valence-corrected chi connectivity index (χ0v) is 13.9. The van der Waals surface area contributed by atoms with Crippen LogP contribution in [0.3, 0.4) is 0 Å². The number of aryl methyl sites for hydroxylation is 1. The molecule has 3 rings (SSSR count). The summed E-state index contributed by atoms with van der Waals surface area (Å²) in [5.41, 5.74) is 2.41. The highest BCUT2D eigenvalue weighted by molar-refractivity contribution is 7.22. The molecule has 0 spiro atoms. The highest BCUT2D eigenvalue weighted by atomic mass is 32.1. The topological polar surface area (TPSA) is 45.7 Å². The molecule has 0 unspecified atom stereocenters.